The Labute approximate surface area is 161 Å². The number of aryl methyl sites for hydroxylation is 2. The molecule has 3 aromatic heterocycles. The number of fused-ring (bicyclic) bond motifs is 3. The summed E-state index contributed by atoms with van der Waals surface area (Å²) in [6, 6.07) is 6.44. The van der Waals surface area contributed by atoms with Crippen molar-refractivity contribution in [3.63, 3.8) is 0 Å². The van der Waals surface area contributed by atoms with Crippen molar-refractivity contribution in [3.8, 4) is 5.75 Å². The number of rotatable bonds is 4. The molecular formula is C20H23FN4OS. The standard InChI is InChI=1S/C18H17FN4OS.C2H6/c1-9-13-14-16(25-18(13)21-10(2)15(9)24-3)17(23-22-14)20-8-11-4-6-12(19)7-5-11;1-2/h4-7H,8H2,1-3H3,(H2,20,22,23);1-2H3. The van der Waals surface area contributed by atoms with E-state index in [1.807, 2.05) is 27.7 Å². The first-order chi connectivity index (χ1) is 13.1. The monoisotopic (exact) mass is 386 g/mol. The summed E-state index contributed by atoms with van der Waals surface area (Å²) in [5.41, 5.74) is 3.89. The molecular weight excluding hydrogens is 363 g/mol. The Kier molecular flexibility index (Phi) is 5.60. The summed E-state index contributed by atoms with van der Waals surface area (Å²) >= 11 is 1.60. The number of aromatic amines is 1. The molecule has 0 bridgehead atoms. The van der Waals surface area contributed by atoms with E-state index in [9.17, 15) is 4.39 Å². The van der Waals surface area contributed by atoms with Gasteiger partial charge in [0.1, 0.15) is 16.4 Å². The number of hydrogen-bond donors (Lipinski definition) is 2. The molecule has 1 aromatic carbocycles. The maximum absolute atomic E-state index is 13.0. The van der Waals surface area contributed by atoms with Gasteiger partial charge in [-0.25, -0.2) is 9.37 Å². The molecule has 7 heteroatoms. The van der Waals surface area contributed by atoms with Crippen LogP contribution in [0.4, 0.5) is 10.2 Å². The number of methoxy groups -OCH3 is 1. The van der Waals surface area contributed by atoms with E-state index in [1.54, 1.807) is 30.6 Å². The van der Waals surface area contributed by atoms with Crippen molar-refractivity contribution in [2.24, 2.45) is 0 Å². The third kappa shape index (κ3) is 3.47. The topological polar surface area (TPSA) is 62.8 Å². The molecule has 142 valence electrons. The predicted octanol–water partition coefficient (Wildman–Crippen LogP) is 5.58. The van der Waals surface area contributed by atoms with Crippen molar-refractivity contribution >= 4 is 37.6 Å². The molecule has 0 aliphatic heterocycles. The number of aromatic nitrogens is 3. The van der Waals surface area contributed by atoms with Gasteiger partial charge in [-0.2, -0.15) is 5.10 Å². The third-order valence-electron chi connectivity index (χ3n) is 4.28. The van der Waals surface area contributed by atoms with E-state index in [-0.39, 0.29) is 5.82 Å². The van der Waals surface area contributed by atoms with Crippen LogP contribution < -0.4 is 10.1 Å². The number of ether oxygens (including phenoxy) is 1. The van der Waals surface area contributed by atoms with Crippen LogP contribution in [0.25, 0.3) is 20.4 Å². The summed E-state index contributed by atoms with van der Waals surface area (Å²) < 4.78 is 19.5. The van der Waals surface area contributed by atoms with E-state index in [0.29, 0.717) is 6.54 Å². The van der Waals surface area contributed by atoms with E-state index in [4.69, 9.17) is 4.74 Å². The summed E-state index contributed by atoms with van der Waals surface area (Å²) in [6.45, 7) is 8.56. The highest BCUT2D eigenvalue weighted by Crippen LogP contribution is 2.40. The van der Waals surface area contributed by atoms with E-state index in [2.05, 4.69) is 20.5 Å². The van der Waals surface area contributed by atoms with Crippen LogP contribution in [-0.4, -0.2) is 22.3 Å². The Balaban J connectivity index is 0.00000102. The summed E-state index contributed by atoms with van der Waals surface area (Å²) in [5, 5.41) is 11.9. The minimum atomic E-state index is -0.235. The molecule has 4 aromatic rings. The van der Waals surface area contributed by atoms with Gasteiger partial charge < -0.3 is 10.1 Å². The van der Waals surface area contributed by atoms with Gasteiger partial charge in [0.05, 0.1) is 23.0 Å². The highest BCUT2D eigenvalue weighted by atomic mass is 32.1. The lowest BCUT2D eigenvalue weighted by atomic mass is 10.1. The number of nitrogens with one attached hydrogen (secondary N) is 2. The first kappa shape index (κ1) is 19.1. The van der Waals surface area contributed by atoms with Gasteiger partial charge in [0.25, 0.3) is 0 Å². The predicted molar refractivity (Wildman–Crippen MR) is 110 cm³/mol. The zero-order valence-electron chi connectivity index (χ0n) is 16.1. The fraction of sp³-hybridized carbons (Fsp3) is 0.300. The van der Waals surface area contributed by atoms with Gasteiger partial charge in [-0.15, -0.1) is 11.3 Å². The van der Waals surface area contributed by atoms with Crippen LogP contribution in [0, 0.1) is 19.7 Å². The molecule has 2 N–H and O–H groups in total. The van der Waals surface area contributed by atoms with Crippen LogP contribution in [-0.2, 0) is 6.54 Å². The number of anilines is 1. The molecule has 5 nitrogen and oxygen atoms in total. The second kappa shape index (κ2) is 7.92. The molecule has 0 fully saturated rings. The summed E-state index contributed by atoms with van der Waals surface area (Å²) in [6.07, 6.45) is 0. The Hall–Kier alpha value is -2.67. The second-order valence-corrected chi connectivity index (χ2v) is 6.89. The van der Waals surface area contributed by atoms with Crippen molar-refractivity contribution in [1.29, 1.82) is 0 Å². The van der Waals surface area contributed by atoms with Gasteiger partial charge in [0.2, 0.25) is 0 Å². The van der Waals surface area contributed by atoms with Gasteiger partial charge >= 0.3 is 0 Å². The Morgan fingerprint density at radius 1 is 1.19 bits per heavy atom. The molecule has 3 heterocycles. The van der Waals surface area contributed by atoms with Crippen molar-refractivity contribution in [2.75, 3.05) is 12.4 Å². The van der Waals surface area contributed by atoms with Crippen molar-refractivity contribution in [3.05, 3.63) is 46.9 Å². The molecule has 0 aliphatic rings. The number of halogens is 1. The fourth-order valence-electron chi connectivity index (χ4n) is 3.08. The Morgan fingerprint density at radius 3 is 2.56 bits per heavy atom. The molecule has 0 atom stereocenters. The average molecular weight is 386 g/mol. The van der Waals surface area contributed by atoms with Crippen LogP contribution in [0.2, 0.25) is 0 Å². The van der Waals surface area contributed by atoms with Crippen molar-refractivity contribution in [2.45, 2.75) is 34.2 Å². The van der Waals surface area contributed by atoms with Crippen LogP contribution in [0.3, 0.4) is 0 Å². The van der Waals surface area contributed by atoms with Gasteiger partial charge in [-0.05, 0) is 31.5 Å². The van der Waals surface area contributed by atoms with Crippen LogP contribution >= 0.6 is 11.3 Å². The summed E-state index contributed by atoms with van der Waals surface area (Å²) in [4.78, 5) is 5.62. The summed E-state index contributed by atoms with van der Waals surface area (Å²) in [5.74, 6) is 1.35. The highest BCUT2D eigenvalue weighted by molar-refractivity contribution is 7.26. The van der Waals surface area contributed by atoms with Crippen LogP contribution in [0.5, 0.6) is 5.75 Å². The maximum atomic E-state index is 13.0. The molecule has 0 amide bonds. The number of nitrogens with zero attached hydrogens (tertiary/aromatic N) is 2. The second-order valence-electron chi connectivity index (χ2n) is 5.89. The first-order valence-corrected chi connectivity index (χ1v) is 9.70. The van der Waals surface area contributed by atoms with E-state index < -0.39 is 0 Å². The van der Waals surface area contributed by atoms with Crippen molar-refractivity contribution in [1.82, 2.24) is 15.2 Å². The normalized spacial score (nSPS) is 10.7. The molecule has 0 aliphatic carbocycles. The van der Waals surface area contributed by atoms with Gasteiger partial charge in [-0.1, -0.05) is 26.0 Å². The lowest BCUT2D eigenvalue weighted by Crippen LogP contribution is -1.99. The lowest BCUT2D eigenvalue weighted by Gasteiger charge is -2.08. The largest absolute Gasteiger partial charge is 0.495 e. The van der Waals surface area contributed by atoms with Gasteiger partial charge in [0, 0.05) is 17.5 Å². The number of benzene rings is 1. The van der Waals surface area contributed by atoms with Crippen molar-refractivity contribution < 1.29 is 9.13 Å². The molecule has 0 spiro atoms. The number of hydrogen-bond acceptors (Lipinski definition) is 5. The quantitative estimate of drug-likeness (QED) is 0.481. The van der Waals surface area contributed by atoms with E-state index in [1.165, 1.54) is 12.1 Å². The lowest BCUT2D eigenvalue weighted by molar-refractivity contribution is 0.407. The molecule has 4 rings (SSSR count). The molecule has 27 heavy (non-hydrogen) atoms. The average Bonchev–Trinajstić information content (AvgIpc) is 3.22. The van der Waals surface area contributed by atoms with E-state index in [0.717, 1.165) is 48.8 Å². The first-order valence-electron chi connectivity index (χ1n) is 8.88. The van der Waals surface area contributed by atoms with Crippen LogP contribution in [0.1, 0.15) is 30.7 Å². The third-order valence-corrected chi connectivity index (χ3v) is 5.37. The number of pyridine rings is 1. The van der Waals surface area contributed by atoms with E-state index >= 15 is 0 Å². The SMILES string of the molecule is CC.COc1c(C)nc2sc3c(NCc4ccc(F)cc4)n[nH]c3c2c1C. The molecule has 0 saturated carbocycles. The zero-order valence-corrected chi connectivity index (χ0v) is 16.9. The fourth-order valence-corrected chi connectivity index (χ4v) is 4.28. The summed E-state index contributed by atoms with van der Waals surface area (Å²) in [7, 11) is 1.66. The number of H-pyrrole nitrogens is 1. The Bertz CT molecular complexity index is 1070. The van der Waals surface area contributed by atoms with Gasteiger partial charge in [0.15, 0.2) is 5.82 Å². The Morgan fingerprint density at radius 2 is 1.89 bits per heavy atom. The maximum Gasteiger partial charge on any atom is 0.166 e. The zero-order chi connectivity index (χ0) is 19.6. The van der Waals surface area contributed by atoms with Crippen LogP contribution in [0.15, 0.2) is 24.3 Å². The minimum Gasteiger partial charge on any atom is -0.495 e. The van der Waals surface area contributed by atoms with Gasteiger partial charge in [-0.3, -0.25) is 5.10 Å². The molecule has 0 unspecified atom stereocenters. The minimum absolute atomic E-state index is 0.235. The highest BCUT2D eigenvalue weighted by Gasteiger charge is 2.19. The number of thiophene rings is 1. The molecule has 0 radical (unpaired) electrons. The smallest absolute Gasteiger partial charge is 0.166 e. The molecule has 0 saturated heterocycles.